The summed E-state index contributed by atoms with van der Waals surface area (Å²) in [5, 5.41) is 0. The molecule has 0 aliphatic carbocycles. The van der Waals surface area contributed by atoms with E-state index in [2.05, 4.69) is 17.0 Å². The minimum Gasteiger partial charge on any atom is -0.465 e. The van der Waals surface area contributed by atoms with Crippen molar-refractivity contribution in [3.05, 3.63) is 35.9 Å². The molecule has 4 rings (SSSR count). The summed E-state index contributed by atoms with van der Waals surface area (Å²) in [6.45, 7) is 3.75. The lowest BCUT2D eigenvalue weighted by molar-refractivity contribution is -0.158. The van der Waals surface area contributed by atoms with E-state index in [0.717, 1.165) is 50.9 Å². The summed E-state index contributed by atoms with van der Waals surface area (Å²) in [5.74, 6) is 0.501. The van der Waals surface area contributed by atoms with Crippen molar-refractivity contribution in [2.75, 3.05) is 19.8 Å². The fraction of sp³-hybridized carbons (Fsp3) is 0.652. The highest BCUT2D eigenvalue weighted by Gasteiger charge is 2.61. The van der Waals surface area contributed by atoms with Crippen LogP contribution in [0.25, 0.3) is 0 Å². The van der Waals surface area contributed by atoms with Crippen molar-refractivity contribution in [1.82, 2.24) is 4.90 Å². The Labute approximate surface area is 167 Å². The Kier molecular flexibility index (Phi) is 5.72. The number of esters is 1. The average molecular weight is 386 g/mol. The van der Waals surface area contributed by atoms with E-state index in [1.807, 2.05) is 25.1 Å². The number of ether oxygens (including phenoxy) is 2. The molecule has 3 saturated heterocycles. The molecular formula is C23H31NO4. The molecule has 5 heteroatoms. The van der Waals surface area contributed by atoms with Crippen molar-refractivity contribution in [3.63, 3.8) is 0 Å². The molecule has 3 aliphatic heterocycles. The van der Waals surface area contributed by atoms with Gasteiger partial charge in [-0.15, -0.1) is 0 Å². The summed E-state index contributed by atoms with van der Waals surface area (Å²) in [6.07, 6.45) is 5.78. The van der Waals surface area contributed by atoms with Crippen LogP contribution >= 0.6 is 0 Å². The third-order valence-corrected chi connectivity index (χ3v) is 6.88. The van der Waals surface area contributed by atoms with Gasteiger partial charge in [0.15, 0.2) is 0 Å². The van der Waals surface area contributed by atoms with E-state index in [0.29, 0.717) is 25.4 Å². The molecule has 3 aliphatic rings. The Morgan fingerprint density at radius 1 is 1.14 bits per heavy atom. The van der Waals surface area contributed by atoms with Crippen LogP contribution in [0.5, 0.6) is 0 Å². The Morgan fingerprint density at radius 3 is 2.61 bits per heavy atom. The van der Waals surface area contributed by atoms with E-state index < -0.39 is 5.41 Å². The summed E-state index contributed by atoms with van der Waals surface area (Å²) >= 11 is 0. The van der Waals surface area contributed by atoms with Gasteiger partial charge in [-0.05, 0) is 56.9 Å². The van der Waals surface area contributed by atoms with Crippen molar-refractivity contribution in [3.8, 4) is 0 Å². The Morgan fingerprint density at radius 2 is 1.89 bits per heavy atom. The van der Waals surface area contributed by atoms with E-state index >= 15 is 0 Å². The van der Waals surface area contributed by atoms with Crippen molar-refractivity contribution in [2.45, 2.75) is 64.0 Å². The molecule has 3 atom stereocenters. The molecule has 1 amide bonds. The molecule has 0 unspecified atom stereocenters. The molecule has 1 aromatic carbocycles. The molecule has 0 saturated carbocycles. The number of nitrogens with zero attached hydrogens (tertiary/aromatic N) is 1. The molecule has 28 heavy (non-hydrogen) atoms. The van der Waals surface area contributed by atoms with Gasteiger partial charge < -0.3 is 14.4 Å². The maximum Gasteiger partial charge on any atom is 0.314 e. The van der Waals surface area contributed by atoms with Crippen LogP contribution < -0.4 is 0 Å². The van der Waals surface area contributed by atoms with Gasteiger partial charge in [0, 0.05) is 31.7 Å². The number of hydrogen-bond acceptors (Lipinski definition) is 4. The molecular weight excluding hydrogens is 354 g/mol. The summed E-state index contributed by atoms with van der Waals surface area (Å²) in [6, 6.07) is 10.3. The number of hydrogen-bond donors (Lipinski definition) is 0. The number of carbonyl (C=O) groups is 2. The Bertz CT molecular complexity index is 700. The van der Waals surface area contributed by atoms with Gasteiger partial charge in [0.2, 0.25) is 5.91 Å². The van der Waals surface area contributed by atoms with E-state index in [4.69, 9.17) is 9.47 Å². The van der Waals surface area contributed by atoms with Crippen LogP contribution in [0.1, 0.15) is 51.0 Å². The molecule has 5 nitrogen and oxygen atoms in total. The highest BCUT2D eigenvalue weighted by molar-refractivity contribution is 5.84. The monoisotopic (exact) mass is 385 g/mol. The summed E-state index contributed by atoms with van der Waals surface area (Å²) in [4.78, 5) is 28.4. The van der Waals surface area contributed by atoms with Crippen LogP contribution in [0.3, 0.4) is 0 Å². The Balaban J connectivity index is 1.56. The van der Waals surface area contributed by atoms with Crippen molar-refractivity contribution < 1.29 is 19.1 Å². The zero-order valence-corrected chi connectivity index (χ0v) is 16.8. The first-order valence-corrected chi connectivity index (χ1v) is 10.7. The van der Waals surface area contributed by atoms with Gasteiger partial charge in [-0.3, -0.25) is 9.59 Å². The van der Waals surface area contributed by atoms with Crippen LogP contribution in [0.4, 0.5) is 0 Å². The maximum absolute atomic E-state index is 13.2. The van der Waals surface area contributed by atoms with Crippen LogP contribution in [0, 0.1) is 11.3 Å². The standard InChI is InChI=1S/C23H31NO4/c1-2-28-22(26)23(15-18-6-4-3-5-7-18)16-19-8-9-20(23)24(19)21(25)14-17-10-12-27-13-11-17/h3-7,17,19-20H,2,8-16H2,1H3/t19-,20+,23+/m1/s1. The molecule has 2 bridgehead atoms. The first-order valence-electron chi connectivity index (χ1n) is 10.7. The lowest BCUT2D eigenvalue weighted by Crippen LogP contribution is -2.47. The van der Waals surface area contributed by atoms with Gasteiger partial charge in [-0.1, -0.05) is 30.3 Å². The predicted molar refractivity (Wildman–Crippen MR) is 106 cm³/mol. The Hall–Kier alpha value is -1.88. The van der Waals surface area contributed by atoms with Crippen LogP contribution in [0.2, 0.25) is 0 Å². The second-order valence-corrected chi connectivity index (χ2v) is 8.55. The molecule has 3 fully saturated rings. The summed E-state index contributed by atoms with van der Waals surface area (Å²) in [7, 11) is 0. The quantitative estimate of drug-likeness (QED) is 0.705. The van der Waals surface area contributed by atoms with E-state index in [9.17, 15) is 9.59 Å². The summed E-state index contributed by atoms with van der Waals surface area (Å²) in [5.41, 5.74) is 0.533. The number of fused-ring (bicyclic) bond motifs is 2. The van der Waals surface area contributed by atoms with Crippen molar-refractivity contribution in [2.24, 2.45) is 11.3 Å². The SMILES string of the molecule is CCOC(=O)[C@@]1(Cc2ccccc2)C[C@H]2CC[C@@H]1N2C(=O)CC1CCOCC1. The van der Waals surface area contributed by atoms with E-state index in [-0.39, 0.29) is 24.0 Å². The minimum absolute atomic E-state index is 0.0379. The van der Waals surface area contributed by atoms with Gasteiger partial charge in [0.05, 0.1) is 12.0 Å². The number of carbonyl (C=O) groups excluding carboxylic acids is 2. The molecule has 0 N–H and O–H groups in total. The van der Waals surface area contributed by atoms with Gasteiger partial charge in [-0.25, -0.2) is 0 Å². The van der Waals surface area contributed by atoms with Crippen LogP contribution in [-0.2, 0) is 25.5 Å². The molecule has 3 heterocycles. The van der Waals surface area contributed by atoms with Gasteiger partial charge >= 0.3 is 5.97 Å². The highest BCUT2D eigenvalue weighted by atomic mass is 16.5. The lowest BCUT2D eigenvalue weighted by atomic mass is 9.70. The molecule has 0 radical (unpaired) electrons. The van der Waals surface area contributed by atoms with Crippen molar-refractivity contribution >= 4 is 11.9 Å². The largest absolute Gasteiger partial charge is 0.465 e. The zero-order chi connectivity index (χ0) is 19.6. The number of benzene rings is 1. The van der Waals surface area contributed by atoms with Gasteiger partial charge in [0.1, 0.15) is 0 Å². The van der Waals surface area contributed by atoms with Crippen molar-refractivity contribution in [1.29, 1.82) is 0 Å². The lowest BCUT2D eigenvalue weighted by Gasteiger charge is -2.35. The second-order valence-electron chi connectivity index (χ2n) is 8.55. The first-order chi connectivity index (χ1) is 13.6. The normalized spacial score (nSPS) is 29.8. The second kappa shape index (κ2) is 8.24. The first kappa shape index (κ1) is 19.4. The predicted octanol–water partition coefficient (Wildman–Crippen LogP) is 3.36. The molecule has 0 aromatic heterocycles. The number of amides is 1. The average Bonchev–Trinajstić information content (AvgIpc) is 3.26. The topological polar surface area (TPSA) is 55.8 Å². The highest BCUT2D eigenvalue weighted by Crippen LogP contribution is 2.52. The fourth-order valence-corrected chi connectivity index (χ4v) is 5.58. The third-order valence-electron chi connectivity index (χ3n) is 6.88. The van der Waals surface area contributed by atoms with Crippen LogP contribution in [-0.4, -0.2) is 48.7 Å². The molecule has 0 spiro atoms. The molecule has 1 aromatic rings. The maximum atomic E-state index is 13.2. The van der Waals surface area contributed by atoms with Gasteiger partial charge in [-0.2, -0.15) is 0 Å². The fourth-order valence-electron chi connectivity index (χ4n) is 5.58. The van der Waals surface area contributed by atoms with E-state index in [1.165, 1.54) is 0 Å². The molecule has 152 valence electrons. The number of rotatable bonds is 6. The smallest absolute Gasteiger partial charge is 0.314 e. The van der Waals surface area contributed by atoms with Gasteiger partial charge in [0.25, 0.3) is 0 Å². The minimum atomic E-state index is -0.606. The zero-order valence-electron chi connectivity index (χ0n) is 16.8. The third kappa shape index (κ3) is 3.57. The summed E-state index contributed by atoms with van der Waals surface area (Å²) < 4.78 is 11.0. The van der Waals surface area contributed by atoms with Crippen LogP contribution in [0.15, 0.2) is 30.3 Å². The van der Waals surface area contributed by atoms with E-state index in [1.54, 1.807) is 0 Å².